The Morgan fingerprint density at radius 3 is 1.59 bits per heavy atom. The summed E-state index contributed by atoms with van der Waals surface area (Å²) in [5.74, 6) is -0.775. The molecule has 0 bridgehead atoms. The monoisotopic (exact) mass is 302 g/mol. The van der Waals surface area contributed by atoms with Crippen LogP contribution >= 0.6 is 0 Å². The van der Waals surface area contributed by atoms with Crippen LogP contribution in [0.5, 0.6) is 0 Å². The van der Waals surface area contributed by atoms with Crippen molar-refractivity contribution in [3.63, 3.8) is 0 Å². The van der Waals surface area contributed by atoms with Crippen molar-refractivity contribution < 1.29 is 13.6 Å². The van der Waals surface area contributed by atoms with E-state index >= 15 is 0 Å². The Hall–Kier alpha value is -2.03. The maximum absolute atomic E-state index is 13.7. The van der Waals surface area contributed by atoms with E-state index in [9.17, 15) is 13.6 Å². The first-order chi connectivity index (χ1) is 10.6. The fraction of sp³-hybridized carbons (Fsp3) is 0.316. The molecule has 2 rings (SSSR count). The lowest BCUT2D eigenvalue weighted by atomic mass is 9.97. The largest absolute Gasteiger partial charge is 0.289 e. The highest BCUT2D eigenvalue weighted by Crippen LogP contribution is 2.19. The topological polar surface area (TPSA) is 17.1 Å². The molecule has 0 saturated carbocycles. The lowest BCUT2D eigenvalue weighted by molar-refractivity contribution is 0.103. The SMILES string of the molecule is CCCc1cc(C(=O)c2ccc(F)c(CCC)c2)ccc1F. The molecule has 0 aliphatic heterocycles. The Labute approximate surface area is 130 Å². The van der Waals surface area contributed by atoms with Crippen molar-refractivity contribution in [1.82, 2.24) is 0 Å². The van der Waals surface area contributed by atoms with E-state index in [2.05, 4.69) is 0 Å². The van der Waals surface area contributed by atoms with E-state index in [4.69, 9.17) is 0 Å². The van der Waals surface area contributed by atoms with Gasteiger partial charge in [-0.1, -0.05) is 26.7 Å². The van der Waals surface area contributed by atoms with Crippen LogP contribution in [0.4, 0.5) is 8.78 Å². The predicted octanol–water partition coefficient (Wildman–Crippen LogP) is 5.10. The number of benzene rings is 2. The molecule has 0 spiro atoms. The van der Waals surface area contributed by atoms with Gasteiger partial charge in [0.1, 0.15) is 11.6 Å². The van der Waals surface area contributed by atoms with Crippen LogP contribution in [0.3, 0.4) is 0 Å². The molecule has 2 aromatic carbocycles. The highest BCUT2D eigenvalue weighted by Gasteiger charge is 2.13. The summed E-state index contributed by atoms with van der Waals surface area (Å²) in [4.78, 5) is 12.5. The molecule has 0 fully saturated rings. The van der Waals surface area contributed by atoms with E-state index in [0.29, 0.717) is 35.1 Å². The van der Waals surface area contributed by atoms with Gasteiger partial charge >= 0.3 is 0 Å². The molecular weight excluding hydrogens is 282 g/mol. The maximum Gasteiger partial charge on any atom is 0.193 e. The summed E-state index contributed by atoms with van der Waals surface area (Å²) in [6.45, 7) is 3.93. The van der Waals surface area contributed by atoms with Crippen molar-refractivity contribution in [3.05, 3.63) is 70.3 Å². The van der Waals surface area contributed by atoms with Gasteiger partial charge in [-0.05, 0) is 60.4 Å². The van der Waals surface area contributed by atoms with Crippen molar-refractivity contribution >= 4 is 5.78 Å². The summed E-state index contributed by atoms with van der Waals surface area (Å²) >= 11 is 0. The molecular formula is C19H20F2O. The van der Waals surface area contributed by atoms with E-state index in [0.717, 1.165) is 12.8 Å². The summed E-state index contributed by atoms with van der Waals surface area (Å²) in [6, 6.07) is 8.83. The van der Waals surface area contributed by atoms with Gasteiger partial charge in [-0.2, -0.15) is 0 Å². The summed E-state index contributed by atoms with van der Waals surface area (Å²) in [6.07, 6.45) is 2.81. The Kier molecular flexibility index (Phi) is 5.42. The lowest BCUT2D eigenvalue weighted by Crippen LogP contribution is -2.05. The number of halogens is 2. The highest BCUT2D eigenvalue weighted by molar-refractivity contribution is 6.09. The van der Waals surface area contributed by atoms with E-state index in [-0.39, 0.29) is 17.4 Å². The molecule has 0 aliphatic carbocycles. The molecule has 0 radical (unpaired) electrons. The maximum atomic E-state index is 13.7. The molecule has 0 heterocycles. The van der Waals surface area contributed by atoms with Crippen molar-refractivity contribution in [2.75, 3.05) is 0 Å². The molecule has 116 valence electrons. The molecule has 0 unspecified atom stereocenters. The molecule has 3 heteroatoms. The fourth-order valence-electron chi connectivity index (χ4n) is 2.52. The van der Waals surface area contributed by atoms with Gasteiger partial charge in [-0.15, -0.1) is 0 Å². The zero-order chi connectivity index (χ0) is 16.1. The highest BCUT2D eigenvalue weighted by atomic mass is 19.1. The minimum absolute atomic E-state index is 0.199. The molecule has 0 saturated heterocycles. The third-order valence-corrected chi connectivity index (χ3v) is 3.65. The summed E-state index contributed by atoms with van der Waals surface area (Å²) in [7, 11) is 0. The number of carbonyl (C=O) groups excluding carboxylic acids is 1. The molecule has 0 amide bonds. The van der Waals surface area contributed by atoms with Gasteiger partial charge < -0.3 is 0 Å². The second-order valence-electron chi connectivity index (χ2n) is 5.44. The number of ketones is 1. The van der Waals surface area contributed by atoms with Crippen molar-refractivity contribution in [3.8, 4) is 0 Å². The van der Waals surface area contributed by atoms with Crippen LogP contribution in [-0.2, 0) is 12.8 Å². The Morgan fingerprint density at radius 2 is 1.23 bits per heavy atom. The summed E-state index contributed by atoms with van der Waals surface area (Å²) in [5.41, 5.74) is 1.98. The van der Waals surface area contributed by atoms with E-state index < -0.39 is 0 Å². The van der Waals surface area contributed by atoms with Gasteiger partial charge in [-0.3, -0.25) is 4.79 Å². The van der Waals surface area contributed by atoms with Crippen LogP contribution in [0, 0.1) is 11.6 Å². The summed E-state index contributed by atoms with van der Waals surface area (Å²) in [5, 5.41) is 0. The van der Waals surface area contributed by atoms with Crippen LogP contribution in [0.25, 0.3) is 0 Å². The van der Waals surface area contributed by atoms with Gasteiger partial charge in [0.05, 0.1) is 0 Å². The molecule has 0 N–H and O–H groups in total. The van der Waals surface area contributed by atoms with Gasteiger partial charge in [0, 0.05) is 11.1 Å². The minimum atomic E-state index is -0.288. The number of carbonyl (C=O) groups is 1. The lowest BCUT2D eigenvalue weighted by Gasteiger charge is -2.08. The van der Waals surface area contributed by atoms with Crippen LogP contribution in [0.15, 0.2) is 36.4 Å². The summed E-state index contributed by atoms with van der Waals surface area (Å²) < 4.78 is 27.4. The van der Waals surface area contributed by atoms with Crippen molar-refractivity contribution in [1.29, 1.82) is 0 Å². The second-order valence-corrected chi connectivity index (χ2v) is 5.44. The number of aryl methyl sites for hydroxylation is 2. The van der Waals surface area contributed by atoms with Gasteiger partial charge in [0.2, 0.25) is 0 Å². The van der Waals surface area contributed by atoms with Gasteiger partial charge in [0.15, 0.2) is 5.78 Å². The quantitative estimate of drug-likeness (QED) is 0.678. The molecule has 1 nitrogen and oxygen atoms in total. The standard InChI is InChI=1S/C19H20F2O/c1-3-5-13-11-15(7-9-17(13)20)19(22)16-8-10-18(21)14(12-16)6-4-2/h7-12H,3-6H2,1-2H3. The van der Waals surface area contributed by atoms with Crippen LogP contribution < -0.4 is 0 Å². The smallest absolute Gasteiger partial charge is 0.193 e. The Balaban J connectivity index is 2.35. The Morgan fingerprint density at radius 1 is 0.818 bits per heavy atom. The first-order valence-electron chi connectivity index (χ1n) is 7.68. The third-order valence-electron chi connectivity index (χ3n) is 3.65. The average molecular weight is 302 g/mol. The fourth-order valence-corrected chi connectivity index (χ4v) is 2.52. The average Bonchev–Trinajstić information content (AvgIpc) is 2.51. The van der Waals surface area contributed by atoms with Crippen LogP contribution in [-0.4, -0.2) is 5.78 Å². The Bertz CT molecular complexity index is 620. The first kappa shape index (κ1) is 16.3. The molecule has 2 aromatic rings. The molecule has 0 atom stereocenters. The van der Waals surface area contributed by atoms with Gasteiger partial charge in [-0.25, -0.2) is 8.78 Å². The molecule has 0 aliphatic rings. The zero-order valence-electron chi connectivity index (χ0n) is 13.0. The number of rotatable bonds is 6. The zero-order valence-corrected chi connectivity index (χ0v) is 13.0. The number of hydrogen-bond donors (Lipinski definition) is 0. The van der Waals surface area contributed by atoms with Crippen molar-refractivity contribution in [2.24, 2.45) is 0 Å². The van der Waals surface area contributed by atoms with Crippen LogP contribution in [0.1, 0.15) is 53.7 Å². The van der Waals surface area contributed by atoms with E-state index in [1.807, 2.05) is 13.8 Å². The van der Waals surface area contributed by atoms with Gasteiger partial charge in [0.25, 0.3) is 0 Å². The number of hydrogen-bond acceptors (Lipinski definition) is 1. The second kappa shape index (κ2) is 7.30. The normalized spacial score (nSPS) is 10.7. The molecule has 22 heavy (non-hydrogen) atoms. The third kappa shape index (κ3) is 3.59. The molecule has 0 aromatic heterocycles. The van der Waals surface area contributed by atoms with Crippen molar-refractivity contribution in [2.45, 2.75) is 39.5 Å². The minimum Gasteiger partial charge on any atom is -0.289 e. The van der Waals surface area contributed by atoms with Crippen LogP contribution in [0.2, 0.25) is 0 Å². The van der Waals surface area contributed by atoms with E-state index in [1.54, 1.807) is 12.1 Å². The van der Waals surface area contributed by atoms with E-state index in [1.165, 1.54) is 24.3 Å². The first-order valence-corrected chi connectivity index (χ1v) is 7.68. The predicted molar refractivity (Wildman–Crippen MR) is 84.2 cm³/mol.